The van der Waals surface area contributed by atoms with E-state index in [4.69, 9.17) is 0 Å². The predicted octanol–water partition coefficient (Wildman–Crippen LogP) is 5.03. The maximum absolute atomic E-state index is 12.7. The molecule has 1 aromatic carbocycles. The number of likely N-dealkylation sites (tertiary alicyclic amines) is 1. The molecule has 2 aromatic heterocycles. The van der Waals surface area contributed by atoms with E-state index in [2.05, 4.69) is 15.3 Å². The number of hydrogen-bond acceptors (Lipinski definition) is 3. The number of aromatic amines is 1. The smallest absolute Gasteiger partial charge is 0.351 e. The van der Waals surface area contributed by atoms with Gasteiger partial charge in [-0.15, -0.1) is 0 Å². The lowest BCUT2D eigenvalue weighted by atomic mass is 9.91. The molecule has 0 bridgehead atoms. The van der Waals surface area contributed by atoms with E-state index in [9.17, 15) is 22.8 Å². The molecule has 0 radical (unpaired) electrons. The molecule has 1 fully saturated rings. The molecule has 1 aliphatic heterocycles. The second-order valence-electron chi connectivity index (χ2n) is 8.71. The molecule has 0 unspecified atom stereocenters. The van der Waals surface area contributed by atoms with E-state index in [1.807, 2.05) is 6.07 Å². The number of unbranched alkanes of at least 4 members (excludes halogenated alkanes) is 1. The van der Waals surface area contributed by atoms with Crippen molar-refractivity contribution in [2.75, 3.05) is 19.6 Å². The van der Waals surface area contributed by atoms with Crippen LogP contribution < -0.4 is 5.32 Å². The van der Waals surface area contributed by atoms with Crippen LogP contribution in [0, 0.1) is 5.92 Å². The average Bonchev–Trinajstić information content (AvgIpc) is 3.28. The van der Waals surface area contributed by atoms with Gasteiger partial charge in [-0.05, 0) is 61.6 Å². The van der Waals surface area contributed by atoms with Gasteiger partial charge in [0.2, 0.25) is 0 Å². The van der Waals surface area contributed by atoms with Gasteiger partial charge in [-0.2, -0.15) is 13.2 Å². The Balaban J connectivity index is 1.14. The highest BCUT2D eigenvalue weighted by Crippen LogP contribution is 2.30. The van der Waals surface area contributed by atoms with E-state index in [0.717, 1.165) is 55.1 Å². The lowest BCUT2D eigenvalue weighted by molar-refractivity contribution is -0.137. The fourth-order valence-corrected chi connectivity index (χ4v) is 4.36. The highest BCUT2D eigenvalue weighted by Gasteiger charge is 2.31. The van der Waals surface area contributed by atoms with Crippen LogP contribution in [0.5, 0.6) is 0 Å². The van der Waals surface area contributed by atoms with Gasteiger partial charge in [-0.3, -0.25) is 14.6 Å². The molecule has 34 heavy (non-hydrogen) atoms. The molecule has 3 aromatic rings. The van der Waals surface area contributed by atoms with Gasteiger partial charge < -0.3 is 15.2 Å². The number of carbonyl (C=O) groups is 2. The van der Waals surface area contributed by atoms with Crippen LogP contribution in [0.3, 0.4) is 0 Å². The number of fused-ring (bicyclic) bond motifs is 1. The van der Waals surface area contributed by atoms with Gasteiger partial charge in [-0.1, -0.05) is 12.8 Å². The number of amides is 2. The molecular weight excluding hydrogens is 445 g/mol. The van der Waals surface area contributed by atoms with Crippen molar-refractivity contribution in [1.82, 2.24) is 20.2 Å². The third-order valence-corrected chi connectivity index (χ3v) is 6.35. The van der Waals surface area contributed by atoms with Crippen LogP contribution in [-0.2, 0) is 6.18 Å². The SMILES string of the molecule is O=C(NCCCCC1CCN(C(=O)c2ccc(C(F)(F)F)cc2)CC1)c1cc2cnccc2[nH]1. The summed E-state index contributed by atoms with van der Waals surface area (Å²) in [5.41, 5.74) is 0.933. The van der Waals surface area contributed by atoms with Crippen molar-refractivity contribution in [3.05, 3.63) is 65.6 Å². The monoisotopic (exact) mass is 472 g/mol. The first-order chi connectivity index (χ1) is 16.3. The average molecular weight is 473 g/mol. The van der Waals surface area contributed by atoms with Crippen LogP contribution in [0.2, 0.25) is 0 Å². The molecule has 0 spiro atoms. The maximum atomic E-state index is 12.7. The Morgan fingerprint density at radius 1 is 1.09 bits per heavy atom. The van der Waals surface area contributed by atoms with E-state index in [1.165, 1.54) is 12.1 Å². The van der Waals surface area contributed by atoms with E-state index in [-0.39, 0.29) is 17.4 Å². The third kappa shape index (κ3) is 5.76. The molecule has 0 saturated carbocycles. The third-order valence-electron chi connectivity index (χ3n) is 6.35. The van der Waals surface area contributed by atoms with Crippen molar-refractivity contribution in [1.29, 1.82) is 0 Å². The number of halogens is 3. The van der Waals surface area contributed by atoms with Crippen molar-refractivity contribution in [2.24, 2.45) is 5.92 Å². The molecular formula is C25H27F3N4O2. The zero-order chi connectivity index (χ0) is 24.1. The number of benzene rings is 1. The molecule has 6 nitrogen and oxygen atoms in total. The largest absolute Gasteiger partial charge is 0.416 e. The minimum atomic E-state index is -4.41. The number of aromatic nitrogens is 2. The number of carbonyl (C=O) groups excluding carboxylic acids is 2. The normalized spacial score (nSPS) is 15.0. The second-order valence-corrected chi connectivity index (χ2v) is 8.71. The number of piperidine rings is 1. The lowest BCUT2D eigenvalue weighted by Gasteiger charge is -2.32. The topological polar surface area (TPSA) is 78.1 Å². The quantitative estimate of drug-likeness (QED) is 0.473. The zero-order valence-electron chi connectivity index (χ0n) is 18.7. The van der Waals surface area contributed by atoms with Crippen molar-refractivity contribution in [2.45, 2.75) is 38.3 Å². The van der Waals surface area contributed by atoms with Gasteiger partial charge in [-0.25, -0.2) is 0 Å². The molecule has 2 amide bonds. The summed E-state index contributed by atoms with van der Waals surface area (Å²) < 4.78 is 38.1. The Morgan fingerprint density at radius 3 is 2.50 bits per heavy atom. The first-order valence-corrected chi connectivity index (χ1v) is 11.5. The zero-order valence-corrected chi connectivity index (χ0v) is 18.7. The molecule has 4 rings (SSSR count). The molecule has 2 N–H and O–H groups in total. The van der Waals surface area contributed by atoms with Crippen LogP contribution >= 0.6 is 0 Å². The standard InChI is InChI=1S/C25H27F3N4O2/c26-25(27,28)20-6-4-18(5-7-20)24(34)32-13-9-17(10-14-32)3-1-2-11-30-23(33)22-15-19-16-29-12-8-21(19)31-22/h4-8,12,15-17,31H,1-3,9-11,13-14H2,(H,30,33). The number of rotatable bonds is 7. The lowest BCUT2D eigenvalue weighted by Crippen LogP contribution is -2.38. The first-order valence-electron chi connectivity index (χ1n) is 11.5. The number of hydrogen-bond donors (Lipinski definition) is 2. The maximum Gasteiger partial charge on any atom is 0.416 e. The van der Waals surface area contributed by atoms with Crippen LogP contribution in [0.15, 0.2) is 48.8 Å². The second kappa shape index (κ2) is 10.3. The Morgan fingerprint density at radius 2 is 1.82 bits per heavy atom. The number of nitrogens with one attached hydrogen (secondary N) is 2. The highest BCUT2D eigenvalue weighted by molar-refractivity contribution is 5.97. The van der Waals surface area contributed by atoms with Crippen molar-refractivity contribution in [3.8, 4) is 0 Å². The van der Waals surface area contributed by atoms with Gasteiger partial charge in [0.05, 0.1) is 5.56 Å². The Labute approximate surface area is 195 Å². The van der Waals surface area contributed by atoms with Crippen LogP contribution in [0.1, 0.15) is 58.5 Å². The Bertz CT molecular complexity index is 1100. The molecule has 3 heterocycles. The summed E-state index contributed by atoms with van der Waals surface area (Å²) in [6.45, 7) is 1.81. The van der Waals surface area contributed by atoms with Gasteiger partial charge in [0.15, 0.2) is 0 Å². The van der Waals surface area contributed by atoms with Crippen LogP contribution in [-0.4, -0.2) is 46.3 Å². The summed E-state index contributed by atoms with van der Waals surface area (Å²) in [4.78, 5) is 33.8. The fraction of sp³-hybridized carbons (Fsp3) is 0.400. The fourth-order valence-electron chi connectivity index (χ4n) is 4.36. The first kappa shape index (κ1) is 23.8. The molecule has 180 valence electrons. The Hall–Kier alpha value is -3.36. The molecule has 1 aliphatic rings. The summed E-state index contributed by atoms with van der Waals surface area (Å²) >= 11 is 0. The van der Waals surface area contributed by atoms with Gasteiger partial charge >= 0.3 is 6.18 Å². The number of pyridine rings is 1. The van der Waals surface area contributed by atoms with E-state index in [1.54, 1.807) is 23.4 Å². The number of H-pyrrole nitrogens is 1. The molecule has 9 heteroatoms. The summed E-state index contributed by atoms with van der Waals surface area (Å²) in [6.07, 6.45) is 3.62. The van der Waals surface area contributed by atoms with Crippen molar-refractivity contribution in [3.63, 3.8) is 0 Å². The highest BCUT2D eigenvalue weighted by atomic mass is 19.4. The summed E-state index contributed by atoms with van der Waals surface area (Å²) in [5.74, 6) is 0.155. The van der Waals surface area contributed by atoms with E-state index in [0.29, 0.717) is 31.2 Å². The van der Waals surface area contributed by atoms with Crippen LogP contribution in [0.4, 0.5) is 13.2 Å². The van der Waals surface area contributed by atoms with Gasteiger partial charge in [0, 0.05) is 48.5 Å². The molecule has 0 atom stereocenters. The minimum Gasteiger partial charge on any atom is -0.351 e. The van der Waals surface area contributed by atoms with Crippen molar-refractivity contribution < 1.29 is 22.8 Å². The molecule has 1 saturated heterocycles. The molecule has 0 aliphatic carbocycles. The van der Waals surface area contributed by atoms with Crippen molar-refractivity contribution >= 4 is 22.7 Å². The number of alkyl halides is 3. The van der Waals surface area contributed by atoms with Gasteiger partial charge in [0.1, 0.15) is 5.69 Å². The Kier molecular flexibility index (Phi) is 7.19. The minimum absolute atomic E-state index is 0.133. The van der Waals surface area contributed by atoms with Gasteiger partial charge in [0.25, 0.3) is 11.8 Å². The summed E-state index contributed by atoms with van der Waals surface area (Å²) in [7, 11) is 0. The number of nitrogens with zero attached hydrogens (tertiary/aromatic N) is 2. The van der Waals surface area contributed by atoms with E-state index >= 15 is 0 Å². The van der Waals surface area contributed by atoms with E-state index < -0.39 is 11.7 Å². The summed E-state index contributed by atoms with van der Waals surface area (Å²) in [5, 5.41) is 3.84. The summed E-state index contributed by atoms with van der Waals surface area (Å²) in [6, 6.07) is 8.02. The van der Waals surface area contributed by atoms with Crippen LogP contribution in [0.25, 0.3) is 10.9 Å². The predicted molar refractivity (Wildman–Crippen MR) is 122 cm³/mol.